The monoisotopic (exact) mass is 537 g/mol. The van der Waals surface area contributed by atoms with Crippen LogP contribution in [-0.2, 0) is 36.8 Å². The van der Waals surface area contributed by atoms with Crippen molar-refractivity contribution in [1.82, 2.24) is 20.9 Å². The molecular weight excluding hydrogens is 506 g/mol. The molecule has 3 rings (SSSR count). The molecule has 0 bridgehead atoms. The first-order valence-electron chi connectivity index (χ1n) is 12.3. The van der Waals surface area contributed by atoms with Gasteiger partial charge in [-0.05, 0) is 24.1 Å². The molecular formula is C27H31N5O7. The molecule has 0 spiro atoms. The number of nitrogens with one attached hydrogen (secondary N) is 4. The van der Waals surface area contributed by atoms with Crippen LogP contribution >= 0.6 is 0 Å². The number of fused-ring (bicyclic) bond motifs is 1. The van der Waals surface area contributed by atoms with Crippen molar-refractivity contribution in [3.63, 3.8) is 0 Å². The van der Waals surface area contributed by atoms with E-state index in [0.29, 0.717) is 5.56 Å². The van der Waals surface area contributed by atoms with Crippen LogP contribution in [0.1, 0.15) is 24.5 Å². The number of carboxylic acids is 2. The topological polar surface area (TPSA) is 204 Å². The third-order valence-electron chi connectivity index (χ3n) is 6.05. The van der Waals surface area contributed by atoms with Gasteiger partial charge in [-0.2, -0.15) is 0 Å². The second kappa shape index (κ2) is 13.2. The minimum Gasteiger partial charge on any atom is -0.481 e. The number of amides is 3. The van der Waals surface area contributed by atoms with Gasteiger partial charge in [0.25, 0.3) is 0 Å². The highest BCUT2D eigenvalue weighted by atomic mass is 16.4. The fraction of sp³-hybridized carbons (Fsp3) is 0.296. The normalized spacial score (nSPS) is 14.0. The molecule has 0 saturated heterocycles. The van der Waals surface area contributed by atoms with E-state index in [2.05, 4.69) is 20.9 Å². The van der Waals surface area contributed by atoms with Crippen molar-refractivity contribution in [2.24, 2.45) is 5.73 Å². The summed E-state index contributed by atoms with van der Waals surface area (Å²) < 4.78 is 0. The minimum atomic E-state index is -1.70. The highest BCUT2D eigenvalue weighted by Gasteiger charge is 2.31. The third kappa shape index (κ3) is 8.14. The molecule has 0 aliphatic carbocycles. The number of aromatic nitrogens is 1. The number of hydrogen-bond donors (Lipinski definition) is 7. The molecule has 39 heavy (non-hydrogen) atoms. The molecule has 4 unspecified atom stereocenters. The molecule has 2 aromatic carbocycles. The van der Waals surface area contributed by atoms with E-state index in [0.717, 1.165) is 16.5 Å². The predicted octanol–water partition coefficient (Wildman–Crippen LogP) is 0.314. The Kier molecular flexibility index (Phi) is 9.76. The fourth-order valence-electron chi connectivity index (χ4n) is 4.01. The van der Waals surface area contributed by atoms with Gasteiger partial charge in [0.15, 0.2) is 0 Å². The van der Waals surface area contributed by atoms with E-state index in [4.69, 9.17) is 10.8 Å². The number of hydrogen-bond acceptors (Lipinski definition) is 6. The second-order valence-electron chi connectivity index (χ2n) is 9.16. The van der Waals surface area contributed by atoms with E-state index < -0.39 is 60.2 Å². The summed E-state index contributed by atoms with van der Waals surface area (Å²) in [6.45, 7) is 1.47. The number of nitrogens with two attached hydrogens (primary N) is 1. The molecule has 206 valence electrons. The molecule has 4 atom stereocenters. The molecule has 0 fully saturated rings. The average Bonchev–Trinajstić information content (AvgIpc) is 3.30. The first kappa shape index (κ1) is 28.9. The zero-order valence-corrected chi connectivity index (χ0v) is 21.2. The van der Waals surface area contributed by atoms with Crippen molar-refractivity contribution in [2.75, 3.05) is 0 Å². The van der Waals surface area contributed by atoms with Crippen LogP contribution < -0.4 is 21.7 Å². The van der Waals surface area contributed by atoms with Gasteiger partial charge in [0, 0.05) is 29.9 Å². The van der Waals surface area contributed by atoms with E-state index in [1.165, 1.54) is 6.92 Å². The molecule has 3 amide bonds. The van der Waals surface area contributed by atoms with Crippen molar-refractivity contribution in [2.45, 2.75) is 50.4 Å². The summed E-state index contributed by atoms with van der Waals surface area (Å²) in [4.78, 5) is 64.8. The Balaban J connectivity index is 1.87. The SMILES string of the molecule is CC(N)C(=O)NC(Cc1c[nH]c2ccccc12)C(=O)NC(Cc1ccccc1)C(=O)NC(CC(=O)O)C(=O)O. The van der Waals surface area contributed by atoms with Crippen molar-refractivity contribution < 1.29 is 34.2 Å². The lowest BCUT2D eigenvalue weighted by Gasteiger charge is -2.25. The summed E-state index contributed by atoms with van der Waals surface area (Å²) in [6.07, 6.45) is 0.935. The summed E-state index contributed by atoms with van der Waals surface area (Å²) in [5, 5.41) is 26.7. The van der Waals surface area contributed by atoms with Crippen LogP contribution in [0.25, 0.3) is 10.9 Å². The minimum absolute atomic E-state index is 0.0150. The number of aliphatic carboxylic acids is 2. The first-order valence-corrected chi connectivity index (χ1v) is 12.3. The van der Waals surface area contributed by atoms with E-state index in [1.54, 1.807) is 36.5 Å². The smallest absolute Gasteiger partial charge is 0.326 e. The van der Waals surface area contributed by atoms with Crippen LogP contribution in [0.5, 0.6) is 0 Å². The summed E-state index contributed by atoms with van der Waals surface area (Å²) in [7, 11) is 0. The first-order chi connectivity index (χ1) is 18.5. The van der Waals surface area contributed by atoms with Crippen LogP contribution in [0.3, 0.4) is 0 Å². The Morgan fingerprint density at radius 1 is 0.795 bits per heavy atom. The lowest BCUT2D eigenvalue weighted by Crippen LogP contribution is -2.58. The molecule has 3 aromatic rings. The van der Waals surface area contributed by atoms with Gasteiger partial charge in [-0.3, -0.25) is 19.2 Å². The van der Waals surface area contributed by atoms with Gasteiger partial charge in [0.1, 0.15) is 18.1 Å². The number of benzene rings is 2. The van der Waals surface area contributed by atoms with Gasteiger partial charge >= 0.3 is 11.9 Å². The number of H-pyrrole nitrogens is 1. The van der Waals surface area contributed by atoms with E-state index in [1.807, 2.05) is 24.3 Å². The zero-order valence-electron chi connectivity index (χ0n) is 21.2. The molecule has 0 aliphatic rings. The predicted molar refractivity (Wildman–Crippen MR) is 141 cm³/mol. The maximum atomic E-state index is 13.5. The largest absolute Gasteiger partial charge is 0.481 e. The number of carbonyl (C=O) groups is 5. The number of para-hydroxylation sites is 1. The number of aromatic amines is 1. The van der Waals surface area contributed by atoms with Crippen LogP contribution in [0.2, 0.25) is 0 Å². The Hall–Kier alpha value is -4.71. The van der Waals surface area contributed by atoms with Crippen LogP contribution in [-0.4, -0.2) is 69.0 Å². The standard InChI is InChI=1S/C27H31N5O7/c1-15(28)24(35)30-21(12-17-14-29-19-10-6-5-9-18(17)19)26(37)31-20(11-16-7-3-2-4-8-16)25(36)32-22(27(38)39)13-23(33)34/h2-10,14-15,20-22,29H,11-13,28H2,1H3,(H,30,35)(H,31,37)(H,32,36)(H,33,34)(H,38,39). The Morgan fingerprint density at radius 2 is 1.36 bits per heavy atom. The zero-order chi connectivity index (χ0) is 28.5. The Labute approximate surface area is 224 Å². The number of carboxylic acid groups (broad SMARTS) is 2. The van der Waals surface area contributed by atoms with Gasteiger partial charge in [-0.25, -0.2) is 4.79 Å². The quantitative estimate of drug-likeness (QED) is 0.161. The highest BCUT2D eigenvalue weighted by Crippen LogP contribution is 2.19. The highest BCUT2D eigenvalue weighted by molar-refractivity contribution is 5.95. The number of carbonyl (C=O) groups excluding carboxylic acids is 3. The van der Waals surface area contributed by atoms with Gasteiger partial charge in [0.2, 0.25) is 17.7 Å². The molecule has 12 heteroatoms. The molecule has 0 aliphatic heterocycles. The second-order valence-corrected chi connectivity index (χ2v) is 9.16. The number of rotatable bonds is 13. The molecule has 1 heterocycles. The van der Waals surface area contributed by atoms with Gasteiger partial charge in [-0.1, -0.05) is 48.5 Å². The van der Waals surface area contributed by atoms with Crippen molar-refractivity contribution in [1.29, 1.82) is 0 Å². The van der Waals surface area contributed by atoms with Crippen LogP contribution in [0, 0.1) is 0 Å². The van der Waals surface area contributed by atoms with Crippen molar-refractivity contribution in [3.8, 4) is 0 Å². The van der Waals surface area contributed by atoms with Crippen LogP contribution in [0.15, 0.2) is 60.8 Å². The summed E-state index contributed by atoms with van der Waals surface area (Å²) in [5.74, 6) is -5.10. The maximum absolute atomic E-state index is 13.5. The molecule has 8 N–H and O–H groups in total. The van der Waals surface area contributed by atoms with E-state index >= 15 is 0 Å². The van der Waals surface area contributed by atoms with Gasteiger partial charge < -0.3 is 36.9 Å². The molecule has 1 aromatic heterocycles. The third-order valence-corrected chi connectivity index (χ3v) is 6.05. The van der Waals surface area contributed by atoms with Crippen molar-refractivity contribution in [3.05, 3.63) is 71.9 Å². The van der Waals surface area contributed by atoms with Crippen molar-refractivity contribution >= 4 is 40.6 Å². The maximum Gasteiger partial charge on any atom is 0.326 e. The summed E-state index contributed by atoms with van der Waals surface area (Å²) in [5.41, 5.74) is 7.95. The van der Waals surface area contributed by atoms with Crippen LogP contribution in [0.4, 0.5) is 0 Å². The van der Waals surface area contributed by atoms with Gasteiger partial charge in [0.05, 0.1) is 12.5 Å². The summed E-state index contributed by atoms with van der Waals surface area (Å²) in [6, 6.07) is 11.1. The molecule has 0 radical (unpaired) electrons. The fourth-order valence-corrected chi connectivity index (χ4v) is 4.01. The Bertz CT molecular complexity index is 1340. The molecule has 0 saturated carbocycles. The lowest BCUT2D eigenvalue weighted by molar-refractivity contribution is -0.147. The summed E-state index contributed by atoms with van der Waals surface area (Å²) >= 11 is 0. The lowest BCUT2D eigenvalue weighted by atomic mass is 10.0. The van der Waals surface area contributed by atoms with Gasteiger partial charge in [-0.15, -0.1) is 0 Å². The van der Waals surface area contributed by atoms with E-state index in [-0.39, 0.29) is 12.8 Å². The molecule has 12 nitrogen and oxygen atoms in total. The Morgan fingerprint density at radius 3 is 1.97 bits per heavy atom. The average molecular weight is 538 g/mol. The van der Waals surface area contributed by atoms with E-state index in [9.17, 15) is 29.1 Å².